The van der Waals surface area contributed by atoms with Crippen molar-refractivity contribution in [3.8, 4) is 0 Å². The molecule has 26 heavy (non-hydrogen) atoms. The first kappa shape index (κ1) is 19.5. The minimum Gasteiger partial charge on any atom is -0.456 e. The smallest absolute Gasteiger partial charge is 0.307 e. The van der Waals surface area contributed by atoms with Gasteiger partial charge in [0, 0.05) is 22.8 Å². The van der Waals surface area contributed by atoms with Gasteiger partial charge in [0.1, 0.15) is 0 Å². The predicted molar refractivity (Wildman–Crippen MR) is 99.2 cm³/mol. The maximum Gasteiger partial charge on any atom is 0.307 e. The van der Waals surface area contributed by atoms with Gasteiger partial charge in [-0.05, 0) is 24.6 Å². The van der Waals surface area contributed by atoms with Gasteiger partial charge in [-0.15, -0.1) is 11.8 Å². The number of nitro benzene ring substituents is 1. The van der Waals surface area contributed by atoms with Gasteiger partial charge in [-0.25, -0.2) is 0 Å². The van der Waals surface area contributed by atoms with E-state index in [2.05, 4.69) is 5.32 Å². The highest BCUT2D eigenvalue weighted by Gasteiger charge is 2.12. The Hall–Kier alpha value is -2.87. The molecule has 0 bridgehead atoms. The normalized spacial score (nSPS) is 10.2. The molecule has 0 aliphatic rings. The van der Waals surface area contributed by atoms with Crippen LogP contribution in [0, 0.1) is 17.0 Å². The fourth-order valence-corrected chi connectivity index (χ4v) is 2.89. The van der Waals surface area contributed by atoms with Crippen LogP contribution in [0.5, 0.6) is 0 Å². The monoisotopic (exact) mass is 374 g/mol. The molecule has 136 valence electrons. The van der Waals surface area contributed by atoms with E-state index in [9.17, 15) is 19.7 Å². The number of ether oxygens (including phenoxy) is 1. The molecule has 0 aliphatic carbocycles. The highest BCUT2D eigenvalue weighted by molar-refractivity contribution is 7.99. The van der Waals surface area contributed by atoms with E-state index in [0.717, 1.165) is 4.90 Å². The molecule has 2 aromatic carbocycles. The molecule has 2 rings (SSSR count). The van der Waals surface area contributed by atoms with Crippen LogP contribution < -0.4 is 5.32 Å². The van der Waals surface area contributed by atoms with Gasteiger partial charge in [-0.3, -0.25) is 19.7 Å². The summed E-state index contributed by atoms with van der Waals surface area (Å²) in [6.07, 6.45) is 0.183. The number of carbonyl (C=O) groups excluding carboxylic acids is 2. The number of aryl methyl sites for hydroxylation is 1. The first-order valence-electron chi connectivity index (χ1n) is 7.84. The number of amides is 1. The van der Waals surface area contributed by atoms with Gasteiger partial charge < -0.3 is 10.1 Å². The number of anilines is 1. The van der Waals surface area contributed by atoms with Crippen molar-refractivity contribution in [2.24, 2.45) is 0 Å². The van der Waals surface area contributed by atoms with Crippen molar-refractivity contribution in [1.29, 1.82) is 0 Å². The number of non-ortho nitro benzene ring substituents is 1. The Kier molecular flexibility index (Phi) is 7.16. The molecular weight excluding hydrogens is 356 g/mol. The summed E-state index contributed by atoms with van der Waals surface area (Å²) in [4.78, 5) is 34.9. The minimum atomic E-state index is -0.544. The Morgan fingerprint density at radius 1 is 1.19 bits per heavy atom. The Bertz CT molecular complexity index is 795. The SMILES string of the molecule is Cc1ccc([N+](=O)[O-])cc1NC(=O)COC(=O)CCSc1ccccc1. The van der Waals surface area contributed by atoms with E-state index >= 15 is 0 Å². The number of benzene rings is 2. The quantitative estimate of drug-likeness (QED) is 0.328. The highest BCUT2D eigenvalue weighted by atomic mass is 32.2. The molecule has 0 unspecified atom stereocenters. The Morgan fingerprint density at radius 2 is 1.92 bits per heavy atom. The Balaban J connectivity index is 1.75. The van der Waals surface area contributed by atoms with Crippen molar-refractivity contribution >= 4 is 35.0 Å². The van der Waals surface area contributed by atoms with Gasteiger partial charge in [-0.2, -0.15) is 0 Å². The number of esters is 1. The van der Waals surface area contributed by atoms with Gasteiger partial charge in [0.25, 0.3) is 11.6 Å². The van der Waals surface area contributed by atoms with E-state index in [1.165, 1.54) is 23.9 Å². The minimum absolute atomic E-state index is 0.124. The van der Waals surface area contributed by atoms with E-state index in [1.54, 1.807) is 13.0 Å². The number of nitrogens with one attached hydrogen (secondary N) is 1. The molecule has 0 saturated carbocycles. The molecule has 0 saturated heterocycles. The molecule has 0 fully saturated rings. The van der Waals surface area contributed by atoms with Crippen molar-refractivity contribution in [3.05, 3.63) is 64.2 Å². The van der Waals surface area contributed by atoms with Gasteiger partial charge in [0.15, 0.2) is 6.61 Å². The summed E-state index contributed by atoms with van der Waals surface area (Å²) in [6, 6.07) is 13.8. The second-order valence-electron chi connectivity index (χ2n) is 5.38. The molecule has 0 spiro atoms. The van der Waals surface area contributed by atoms with Crippen LogP contribution in [0.4, 0.5) is 11.4 Å². The van der Waals surface area contributed by atoms with Crippen molar-refractivity contribution in [3.63, 3.8) is 0 Å². The van der Waals surface area contributed by atoms with E-state index in [4.69, 9.17) is 4.74 Å². The maximum atomic E-state index is 11.9. The third kappa shape index (κ3) is 6.21. The van der Waals surface area contributed by atoms with Crippen LogP contribution in [-0.4, -0.2) is 29.2 Å². The molecule has 0 heterocycles. The maximum absolute atomic E-state index is 11.9. The molecule has 0 aliphatic heterocycles. The van der Waals surface area contributed by atoms with E-state index in [1.807, 2.05) is 30.3 Å². The molecular formula is C18H18N2O5S. The van der Waals surface area contributed by atoms with E-state index < -0.39 is 23.4 Å². The zero-order valence-electron chi connectivity index (χ0n) is 14.1. The van der Waals surface area contributed by atoms with E-state index in [0.29, 0.717) is 17.0 Å². The van der Waals surface area contributed by atoms with Crippen molar-refractivity contribution in [2.75, 3.05) is 17.7 Å². The molecule has 7 nitrogen and oxygen atoms in total. The van der Waals surface area contributed by atoms with Crippen molar-refractivity contribution in [2.45, 2.75) is 18.2 Å². The summed E-state index contributed by atoms with van der Waals surface area (Å²) in [6.45, 7) is 1.28. The zero-order valence-corrected chi connectivity index (χ0v) is 15.0. The number of nitrogens with zero attached hydrogens (tertiary/aromatic N) is 1. The van der Waals surface area contributed by atoms with Crippen molar-refractivity contribution in [1.82, 2.24) is 0 Å². The Morgan fingerprint density at radius 3 is 2.62 bits per heavy atom. The van der Waals surface area contributed by atoms with Crippen LogP contribution in [0.15, 0.2) is 53.4 Å². The van der Waals surface area contributed by atoms with Crippen LogP contribution in [0.2, 0.25) is 0 Å². The van der Waals surface area contributed by atoms with Gasteiger partial charge in [0.2, 0.25) is 0 Å². The van der Waals surface area contributed by atoms with Crippen LogP contribution >= 0.6 is 11.8 Å². The van der Waals surface area contributed by atoms with Gasteiger partial charge >= 0.3 is 5.97 Å². The summed E-state index contributed by atoms with van der Waals surface area (Å²) >= 11 is 1.53. The number of hydrogen-bond donors (Lipinski definition) is 1. The summed E-state index contributed by atoms with van der Waals surface area (Å²) in [5.41, 5.74) is 0.871. The molecule has 1 N–H and O–H groups in total. The third-order valence-electron chi connectivity index (χ3n) is 3.39. The Labute approximate surface area is 154 Å². The third-order valence-corrected chi connectivity index (χ3v) is 4.40. The lowest BCUT2D eigenvalue weighted by atomic mass is 10.2. The number of carbonyl (C=O) groups is 2. The molecule has 0 aromatic heterocycles. The average molecular weight is 374 g/mol. The first-order valence-corrected chi connectivity index (χ1v) is 8.82. The van der Waals surface area contributed by atoms with Crippen molar-refractivity contribution < 1.29 is 19.2 Å². The lowest BCUT2D eigenvalue weighted by Gasteiger charge is -2.09. The zero-order chi connectivity index (χ0) is 18.9. The predicted octanol–water partition coefficient (Wildman–Crippen LogP) is 3.57. The fourth-order valence-electron chi connectivity index (χ4n) is 2.03. The summed E-state index contributed by atoms with van der Waals surface area (Å²) in [5, 5.41) is 13.3. The van der Waals surface area contributed by atoms with Gasteiger partial charge in [0.05, 0.1) is 17.0 Å². The second-order valence-corrected chi connectivity index (χ2v) is 6.55. The lowest BCUT2D eigenvalue weighted by molar-refractivity contribution is -0.384. The topological polar surface area (TPSA) is 98.5 Å². The van der Waals surface area contributed by atoms with Crippen LogP contribution in [0.1, 0.15) is 12.0 Å². The van der Waals surface area contributed by atoms with Crippen LogP contribution in [0.25, 0.3) is 0 Å². The average Bonchev–Trinajstić information content (AvgIpc) is 2.62. The molecule has 8 heteroatoms. The van der Waals surface area contributed by atoms with Crippen LogP contribution in [-0.2, 0) is 14.3 Å². The lowest BCUT2D eigenvalue weighted by Crippen LogP contribution is -2.21. The molecule has 1 amide bonds. The highest BCUT2D eigenvalue weighted by Crippen LogP contribution is 2.22. The van der Waals surface area contributed by atoms with Gasteiger partial charge in [-0.1, -0.05) is 24.3 Å². The largest absolute Gasteiger partial charge is 0.456 e. The summed E-state index contributed by atoms with van der Waals surface area (Å²) in [7, 11) is 0. The summed E-state index contributed by atoms with van der Waals surface area (Å²) < 4.78 is 4.93. The fraction of sp³-hybridized carbons (Fsp3) is 0.222. The number of hydrogen-bond acceptors (Lipinski definition) is 6. The molecule has 2 aromatic rings. The number of thioether (sulfide) groups is 1. The molecule has 0 atom stereocenters. The summed E-state index contributed by atoms with van der Waals surface area (Å²) in [5.74, 6) is -0.467. The number of nitro groups is 1. The van der Waals surface area contributed by atoms with E-state index in [-0.39, 0.29) is 12.1 Å². The first-order chi connectivity index (χ1) is 12.5. The molecule has 0 radical (unpaired) electrons. The number of rotatable bonds is 8. The standard InChI is InChI=1S/C18H18N2O5S/c1-13-7-8-14(20(23)24)11-16(13)19-17(21)12-25-18(22)9-10-26-15-5-3-2-4-6-15/h2-8,11H,9-10,12H2,1H3,(H,19,21). The van der Waals surface area contributed by atoms with Crippen LogP contribution in [0.3, 0.4) is 0 Å². The second kappa shape index (κ2) is 9.57.